The van der Waals surface area contributed by atoms with Crippen molar-refractivity contribution < 1.29 is 22.1 Å². The van der Waals surface area contributed by atoms with Crippen molar-refractivity contribution in [1.82, 2.24) is 4.90 Å². The molecule has 0 radical (unpaired) electrons. The highest BCUT2D eigenvalue weighted by Gasteiger charge is 2.50. The minimum atomic E-state index is -3.76. The quantitative estimate of drug-likeness (QED) is 0.197. The Labute approximate surface area is 209 Å². The van der Waals surface area contributed by atoms with Crippen LogP contribution in [0.15, 0.2) is 53.4 Å². The maximum absolute atomic E-state index is 12.8. The number of ether oxygens (including phenoxy) is 1. The number of fused-ring (bicyclic) bond motifs is 2. The first-order chi connectivity index (χ1) is 15.8. The molecule has 0 spiro atoms. The third-order valence-corrected chi connectivity index (χ3v) is 8.99. The molecule has 4 rings (SSSR count). The Morgan fingerprint density at radius 1 is 1.09 bits per heavy atom. The highest BCUT2D eigenvalue weighted by molar-refractivity contribution is 14.1. The molecule has 2 aliphatic heterocycles. The van der Waals surface area contributed by atoms with Crippen molar-refractivity contribution in [2.45, 2.75) is 55.5 Å². The molecule has 4 atom stereocenters. The lowest BCUT2D eigenvalue weighted by Gasteiger charge is -2.43. The zero-order valence-electron chi connectivity index (χ0n) is 18.9. The van der Waals surface area contributed by atoms with E-state index in [0.717, 1.165) is 24.8 Å². The first-order valence-corrected chi connectivity index (χ1v) is 13.8. The Morgan fingerprint density at radius 2 is 1.79 bits per heavy atom. The maximum Gasteiger partial charge on any atom is 0.310 e. The van der Waals surface area contributed by atoms with Gasteiger partial charge in [-0.25, -0.2) is 0 Å². The lowest BCUT2D eigenvalue weighted by Crippen LogP contribution is -2.51. The van der Waals surface area contributed by atoms with E-state index in [4.69, 9.17) is 8.92 Å². The second-order valence-corrected chi connectivity index (χ2v) is 11.8. The summed E-state index contributed by atoms with van der Waals surface area (Å²) < 4.78 is 36.6. The van der Waals surface area contributed by atoms with Crippen LogP contribution < -0.4 is 0 Å². The lowest BCUT2D eigenvalue weighted by molar-refractivity contribution is -0.150. The molecular formula is C25H30INO5S. The first kappa shape index (κ1) is 24.6. The normalized spacial score (nSPS) is 25.2. The van der Waals surface area contributed by atoms with E-state index in [1.807, 2.05) is 6.92 Å². The van der Waals surface area contributed by atoms with Crippen LogP contribution in [0.3, 0.4) is 0 Å². The minimum Gasteiger partial charge on any atom is -0.469 e. The van der Waals surface area contributed by atoms with Gasteiger partial charge in [0, 0.05) is 28.1 Å². The van der Waals surface area contributed by atoms with Gasteiger partial charge < -0.3 is 4.74 Å². The smallest absolute Gasteiger partial charge is 0.310 e. The number of rotatable bonds is 8. The molecule has 2 aliphatic rings. The molecule has 0 aliphatic carbocycles. The average Bonchev–Trinajstić information content (AvgIpc) is 3.07. The van der Waals surface area contributed by atoms with Gasteiger partial charge in [0.25, 0.3) is 10.1 Å². The van der Waals surface area contributed by atoms with Crippen LogP contribution in [0.5, 0.6) is 0 Å². The van der Waals surface area contributed by atoms with Crippen LogP contribution in [-0.4, -0.2) is 51.6 Å². The van der Waals surface area contributed by atoms with Gasteiger partial charge >= 0.3 is 5.97 Å². The van der Waals surface area contributed by atoms with Crippen LogP contribution in [0.4, 0.5) is 0 Å². The van der Waals surface area contributed by atoms with E-state index in [1.54, 1.807) is 24.3 Å². The Balaban J connectivity index is 1.40. The Bertz CT molecular complexity index is 1070. The van der Waals surface area contributed by atoms with Crippen molar-refractivity contribution in [3.63, 3.8) is 0 Å². The largest absolute Gasteiger partial charge is 0.469 e. The second-order valence-electron chi connectivity index (χ2n) is 8.92. The fourth-order valence-electron chi connectivity index (χ4n) is 5.36. The summed E-state index contributed by atoms with van der Waals surface area (Å²) in [6.45, 7) is 2.73. The van der Waals surface area contributed by atoms with E-state index < -0.39 is 10.1 Å². The Morgan fingerprint density at radius 3 is 2.45 bits per heavy atom. The molecule has 8 heteroatoms. The van der Waals surface area contributed by atoms with E-state index in [0.29, 0.717) is 19.0 Å². The number of hydrogen-bond acceptors (Lipinski definition) is 6. The molecule has 33 heavy (non-hydrogen) atoms. The molecule has 2 aromatic carbocycles. The van der Waals surface area contributed by atoms with Crippen LogP contribution in [0, 0.1) is 16.4 Å². The molecule has 6 nitrogen and oxygen atoms in total. The summed E-state index contributed by atoms with van der Waals surface area (Å²) in [6, 6.07) is 15.6. The number of benzene rings is 2. The molecule has 0 N–H and O–H groups in total. The van der Waals surface area contributed by atoms with Gasteiger partial charge in [-0.15, -0.1) is 0 Å². The van der Waals surface area contributed by atoms with Gasteiger partial charge in [-0.3, -0.25) is 13.9 Å². The van der Waals surface area contributed by atoms with E-state index >= 15 is 0 Å². The molecule has 2 heterocycles. The highest BCUT2D eigenvalue weighted by atomic mass is 127. The zero-order chi connectivity index (χ0) is 23.6. The van der Waals surface area contributed by atoms with Crippen LogP contribution in [0.25, 0.3) is 0 Å². The monoisotopic (exact) mass is 583 g/mol. The summed E-state index contributed by atoms with van der Waals surface area (Å²) in [4.78, 5) is 15.4. The second kappa shape index (κ2) is 10.4. The third kappa shape index (κ3) is 5.44. The number of carbonyl (C=O) groups excluding carboxylic acids is 1. The number of nitrogens with zero attached hydrogens (tertiary/aromatic N) is 1. The van der Waals surface area contributed by atoms with Gasteiger partial charge in [-0.2, -0.15) is 8.42 Å². The molecule has 178 valence electrons. The summed E-state index contributed by atoms with van der Waals surface area (Å²) in [6.07, 6.45) is 3.48. The number of esters is 1. The number of halogens is 1. The molecule has 0 saturated carbocycles. The standard InChI is InChI=1S/C25H30INO5S/c1-17-4-11-21(12-5-17)33(29,30)32-15-3-14-27-20-10-13-23(27)24(25(28)31-2)22(16-20)18-6-8-19(26)9-7-18/h4-9,11-12,20,22-24H,3,10,13-16H2,1-2H3/t20-,22+,23+,24-/m0/s1. The predicted octanol–water partition coefficient (Wildman–Crippen LogP) is 4.50. The van der Waals surface area contributed by atoms with Crippen LogP contribution in [-0.2, 0) is 23.8 Å². The number of carbonyl (C=O) groups is 1. The molecule has 2 aromatic rings. The van der Waals surface area contributed by atoms with Crippen molar-refractivity contribution in [1.29, 1.82) is 0 Å². The molecular weight excluding hydrogens is 553 g/mol. The fourth-order valence-corrected chi connectivity index (χ4v) is 6.66. The third-order valence-electron chi connectivity index (χ3n) is 6.94. The average molecular weight is 583 g/mol. The Kier molecular flexibility index (Phi) is 7.77. The van der Waals surface area contributed by atoms with Gasteiger partial charge in [0.1, 0.15) is 0 Å². The van der Waals surface area contributed by atoms with E-state index in [1.165, 1.54) is 16.2 Å². The van der Waals surface area contributed by atoms with E-state index in [-0.39, 0.29) is 35.3 Å². The fraction of sp³-hybridized carbons (Fsp3) is 0.480. The topological polar surface area (TPSA) is 72.9 Å². The number of methoxy groups -OCH3 is 1. The van der Waals surface area contributed by atoms with Gasteiger partial charge in [0.2, 0.25) is 0 Å². The van der Waals surface area contributed by atoms with Crippen LogP contribution in [0.2, 0.25) is 0 Å². The lowest BCUT2D eigenvalue weighted by atomic mass is 9.76. The molecule has 2 saturated heterocycles. The number of aryl methyl sites for hydroxylation is 1. The summed E-state index contributed by atoms with van der Waals surface area (Å²) in [5.74, 6) is -0.237. The molecule has 0 amide bonds. The SMILES string of the molecule is COC(=O)[C@H]1[C@@H](c2ccc(I)cc2)C[C@@H]2CC[C@H]1N2CCCOS(=O)(=O)c1ccc(C)cc1. The minimum absolute atomic E-state index is 0.106. The van der Waals surface area contributed by atoms with Crippen molar-refractivity contribution in [2.24, 2.45) is 5.92 Å². The van der Waals surface area contributed by atoms with Gasteiger partial charge in [0.15, 0.2) is 0 Å². The summed E-state index contributed by atoms with van der Waals surface area (Å²) >= 11 is 2.29. The van der Waals surface area contributed by atoms with Gasteiger partial charge in [-0.1, -0.05) is 29.8 Å². The summed E-state index contributed by atoms with van der Waals surface area (Å²) in [5, 5.41) is 0. The molecule has 0 aromatic heterocycles. The van der Waals surface area contributed by atoms with Crippen molar-refractivity contribution in [3.8, 4) is 0 Å². The van der Waals surface area contributed by atoms with Crippen molar-refractivity contribution in [3.05, 3.63) is 63.2 Å². The maximum atomic E-state index is 12.8. The van der Waals surface area contributed by atoms with E-state index in [9.17, 15) is 13.2 Å². The van der Waals surface area contributed by atoms with E-state index in [2.05, 4.69) is 51.8 Å². The Hall–Kier alpha value is -1.49. The van der Waals surface area contributed by atoms with Gasteiger partial charge in [0.05, 0.1) is 24.5 Å². The molecule has 2 bridgehead atoms. The predicted molar refractivity (Wildman–Crippen MR) is 134 cm³/mol. The molecule has 0 unspecified atom stereocenters. The summed E-state index contributed by atoms with van der Waals surface area (Å²) in [5.41, 5.74) is 2.19. The molecule has 2 fully saturated rings. The number of piperidine rings is 1. The zero-order valence-corrected chi connectivity index (χ0v) is 21.9. The highest BCUT2D eigenvalue weighted by Crippen LogP contribution is 2.47. The van der Waals surface area contributed by atoms with Crippen LogP contribution in [0.1, 0.15) is 42.7 Å². The summed E-state index contributed by atoms with van der Waals surface area (Å²) in [7, 11) is -2.30. The van der Waals surface area contributed by atoms with Crippen LogP contribution >= 0.6 is 22.6 Å². The first-order valence-electron chi connectivity index (χ1n) is 11.4. The van der Waals surface area contributed by atoms with Gasteiger partial charge in [-0.05, 0) is 85.0 Å². The number of hydrogen-bond donors (Lipinski definition) is 0. The van der Waals surface area contributed by atoms with Crippen molar-refractivity contribution in [2.75, 3.05) is 20.3 Å². The van der Waals surface area contributed by atoms with Crippen molar-refractivity contribution >= 4 is 38.7 Å².